The van der Waals surface area contributed by atoms with Gasteiger partial charge in [-0.1, -0.05) is 43.8 Å². The van der Waals surface area contributed by atoms with Crippen LogP contribution in [0.1, 0.15) is 48.1 Å². The van der Waals surface area contributed by atoms with Gasteiger partial charge in [0, 0.05) is 17.5 Å². The Labute approximate surface area is 198 Å². The average molecular weight is 458 g/mol. The summed E-state index contributed by atoms with van der Waals surface area (Å²) in [6.07, 6.45) is 1.63. The lowest BCUT2D eigenvalue weighted by Crippen LogP contribution is -2.30. The standard InChI is InChI=1S/C26H23N3O4.CH4/c1-15-13-28-25(30)23-22(19-10-9-18(12-27)11-20(19)32-3)21(16(2)29-24(15)23)26(31)33-14-17-7-5-4-6-8-17;/h4-11,13,22,29H,14H2,1-3H3,(H,28,30);1H4. The number of aromatic amines is 1. The fourth-order valence-corrected chi connectivity index (χ4v) is 4.11. The first-order valence-corrected chi connectivity index (χ1v) is 10.4. The van der Waals surface area contributed by atoms with Crippen molar-refractivity contribution in [1.82, 2.24) is 4.98 Å². The number of fused-ring (bicyclic) bond motifs is 1. The third kappa shape index (κ3) is 4.44. The van der Waals surface area contributed by atoms with Gasteiger partial charge in [0.15, 0.2) is 0 Å². The summed E-state index contributed by atoms with van der Waals surface area (Å²) in [7, 11) is 1.49. The van der Waals surface area contributed by atoms with Crippen molar-refractivity contribution in [2.45, 2.75) is 33.8 Å². The number of pyridine rings is 1. The highest BCUT2D eigenvalue weighted by molar-refractivity contribution is 5.95. The molecule has 0 saturated heterocycles. The van der Waals surface area contributed by atoms with Gasteiger partial charge in [0.05, 0.1) is 41.5 Å². The van der Waals surface area contributed by atoms with Gasteiger partial charge >= 0.3 is 5.97 Å². The number of benzene rings is 2. The number of esters is 1. The van der Waals surface area contributed by atoms with Crippen molar-refractivity contribution in [2.24, 2.45) is 0 Å². The monoisotopic (exact) mass is 457 g/mol. The van der Waals surface area contributed by atoms with E-state index in [2.05, 4.69) is 16.4 Å². The van der Waals surface area contributed by atoms with E-state index in [9.17, 15) is 14.9 Å². The molecular weight excluding hydrogens is 430 g/mol. The molecule has 3 aromatic rings. The maximum atomic E-state index is 13.4. The SMILES string of the molecule is C.COc1cc(C#N)ccc1C1C(C(=O)OCc2ccccc2)=C(C)Nc2c(C)c[nH]c(=O)c21. The van der Waals surface area contributed by atoms with Crippen LogP contribution in [0.4, 0.5) is 5.69 Å². The summed E-state index contributed by atoms with van der Waals surface area (Å²) in [6, 6.07) is 16.4. The molecule has 1 aromatic heterocycles. The van der Waals surface area contributed by atoms with E-state index in [1.54, 1.807) is 31.3 Å². The van der Waals surface area contributed by atoms with E-state index in [-0.39, 0.29) is 19.6 Å². The quantitative estimate of drug-likeness (QED) is 0.535. The topological polar surface area (TPSA) is 104 Å². The summed E-state index contributed by atoms with van der Waals surface area (Å²) in [4.78, 5) is 29.1. The molecule has 1 aliphatic heterocycles. The van der Waals surface area contributed by atoms with Crippen LogP contribution in [0.15, 0.2) is 70.8 Å². The minimum absolute atomic E-state index is 0. The van der Waals surface area contributed by atoms with Crippen LogP contribution in [0.5, 0.6) is 5.75 Å². The number of aromatic nitrogens is 1. The number of nitrogens with one attached hydrogen (secondary N) is 2. The molecule has 2 N–H and O–H groups in total. The number of nitrogens with zero attached hydrogens (tertiary/aromatic N) is 1. The number of ether oxygens (including phenoxy) is 2. The molecule has 7 nitrogen and oxygen atoms in total. The summed E-state index contributed by atoms with van der Waals surface area (Å²) in [6.45, 7) is 3.76. The zero-order chi connectivity index (χ0) is 23.5. The smallest absolute Gasteiger partial charge is 0.337 e. The maximum absolute atomic E-state index is 13.4. The van der Waals surface area contributed by atoms with Crippen LogP contribution < -0.4 is 15.6 Å². The number of H-pyrrole nitrogens is 1. The molecule has 1 unspecified atom stereocenters. The molecule has 34 heavy (non-hydrogen) atoms. The molecule has 0 radical (unpaired) electrons. The van der Waals surface area contributed by atoms with E-state index in [1.807, 2.05) is 37.3 Å². The summed E-state index contributed by atoms with van der Waals surface area (Å²) < 4.78 is 11.2. The van der Waals surface area contributed by atoms with Crippen LogP contribution in [0.2, 0.25) is 0 Å². The zero-order valence-corrected chi connectivity index (χ0v) is 18.6. The molecule has 0 bridgehead atoms. The van der Waals surface area contributed by atoms with Crippen LogP contribution in [-0.2, 0) is 16.1 Å². The number of methoxy groups -OCH3 is 1. The second-order valence-electron chi connectivity index (χ2n) is 7.82. The van der Waals surface area contributed by atoms with E-state index >= 15 is 0 Å². The number of hydrogen-bond donors (Lipinski definition) is 2. The minimum atomic E-state index is -0.740. The van der Waals surface area contributed by atoms with Crippen molar-refractivity contribution in [2.75, 3.05) is 12.4 Å². The van der Waals surface area contributed by atoms with Crippen LogP contribution in [0.3, 0.4) is 0 Å². The summed E-state index contributed by atoms with van der Waals surface area (Å²) >= 11 is 0. The fourth-order valence-electron chi connectivity index (χ4n) is 4.11. The minimum Gasteiger partial charge on any atom is -0.496 e. The van der Waals surface area contributed by atoms with Gasteiger partial charge in [-0.2, -0.15) is 5.26 Å². The Balaban J connectivity index is 0.00000324. The lowest BCUT2D eigenvalue weighted by molar-refractivity contribution is -0.140. The molecule has 0 aliphatic carbocycles. The molecule has 0 saturated carbocycles. The Morgan fingerprint density at radius 3 is 2.56 bits per heavy atom. The van der Waals surface area contributed by atoms with Crippen molar-refractivity contribution >= 4 is 11.7 Å². The maximum Gasteiger partial charge on any atom is 0.337 e. The number of anilines is 1. The average Bonchev–Trinajstić information content (AvgIpc) is 2.84. The number of aryl methyl sites for hydroxylation is 1. The molecule has 1 aliphatic rings. The molecule has 0 fully saturated rings. The van der Waals surface area contributed by atoms with E-state index in [1.165, 1.54) is 7.11 Å². The predicted octanol–water partition coefficient (Wildman–Crippen LogP) is 4.77. The second-order valence-corrected chi connectivity index (χ2v) is 7.82. The van der Waals surface area contributed by atoms with E-state index < -0.39 is 11.9 Å². The summed E-state index contributed by atoms with van der Waals surface area (Å²) in [5, 5.41) is 12.5. The highest BCUT2D eigenvalue weighted by Gasteiger charge is 2.37. The normalized spacial score (nSPS) is 14.2. The van der Waals surface area contributed by atoms with Gasteiger partial charge < -0.3 is 19.8 Å². The van der Waals surface area contributed by atoms with E-state index in [0.717, 1.165) is 11.1 Å². The molecule has 2 heterocycles. The van der Waals surface area contributed by atoms with Gasteiger partial charge in [0.2, 0.25) is 0 Å². The van der Waals surface area contributed by atoms with Crippen molar-refractivity contribution < 1.29 is 14.3 Å². The summed E-state index contributed by atoms with van der Waals surface area (Å²) in [5.74, 6) is -0.864. The largest absolute Gasteiger partial charge is 0.496 e. The lowest BCUT2D eigenvalue weighted by Gasteiger charge is -2.31. The Morgan fingerprint density at radius 1 is 1.15 bits per heavy atom. The van der Waals surface area contributed by atoms with Crippen LogP contribution in [-0.4, -0.2) is 18.1 Å². The third-order valence-electron chi connectivity index (χ3n) is 5.73. The predicted molar refractivity (Wildman–Crippen MR) is 131 cm³/mol. The molecule has 2 aromatic carbocycles. The Hall–Kier alpha value is -4.31. The molecule has 4 rings (SSSR count). The first-order chi connectivity index (χ1) is 15.9. The summed E-state index contributed by atoms with van der Waals surface area (Å²) in [5.41, 5.74) is 4.33. The Kier molecular flexibility index (Phi) is 7.22. The van der Waals surface area contributed by atoms with Gasteiger partial charge in [0.1, 0.15) is 12.4 Å². The fraction of sp³-hybridized carbons (Fsp3) is 0.222. The van der Waals surface area contributed by atoms with Gasteiger partial charge in [-0.05, 0) is 37.1 Å². The van der Waals surface area contributed by atoms with Gasteiger partial charge in [0.25, 0.3) is 5.56 Å². The van der Waals surface area contributed by atoms with Gasteiger partial charge in [-0.15, -0.1) is 0 Å². The highest BCUT2D eigenvalue weighted by Crippen LogP contribution is 2.44. The van der Waals surface area contributed by atoms with Crippen molar-refractivity contribution in [3.8, 4) is 11.8 Å². The number of hydrogen-bond acceptors (Lipinski definition) is 6. The first kappa shape index (κ1) is 24.3. The molecule has 0 spiro atoms. The number of carbonyl (C=O) groups excluding carboxylic acids is 1. The number of carbonyl (C=O) groups is 1. The molecule has 0 amide bonds. The number of allylic oxidation sites excluding steroid dienone is 1. The molecule has 7 heteroatoms. The molecule has 1 atom stereocenters. The first-order valence-electron chi connectivity index (χ1n) is 10.4. The van der Waals surface area contributed by atoms with Crippen molar-refractivity contribution in [3.05, 3.63) is 104 Å². The number of nitriles is 1. The molecule has 174 valence electrons. The Morgan fingerprint density at radius 2 is 1.88 bits per heavy atom. The van der Waals surface area contributed by atoms with Gasteiger partial charge in [-0.25, -0.2) is 4.79 Å². The Bertz CT molecular complexity index is 1350. The van der Waals surface area contributed by atoms with Gasteiger partial charge in [-0.3, -0.25) is 4.79 Å². The second kappa shape index (κ2) is 10.1. The van der Waals surface area contributed by atoms with Crippen LogP contribution in [0.25, 0.3) is 0 Å². The van der Waals surface area contributed by atoms with Crippen LogP contribution in [0, 0.1) is 18.3 Å². The molecular formula is C27H27N3O4. The van der Waals surface area contributed by atoms with E-state index in [4.69, 9.17) is 9.47 Å². The highest BCUT2D eigenvalue weighted by atomic mass is 16.5. The lowest BCUT2D eigenvalue weighted by atomic mass is 9.80. The van der Waals surface area contributed by atoms with Crippen molar-refractivity contribution in [3.63, 3.8) is 0 Å². The van der Waals surface area contributed by atoms with E-state index in [0.29, 0.717) is 39.4 Å². The number of rotatable bonds is 5. The zero-order valence-electron chi connectivity index (χ0n) is 18.6. The van der Waals surface area contributed by atoms with Crippen molar-refractivity contribution in [1.29, 1.82) is 5.26 Å². The van der Waals surface area contributed by atoms with Crippen LogP contribution >= 0.6 is 0 Å². The third-order valence-corrected chi connectivity index (χ3v) is 5.73.